The van der Waals surface area contributed by atoms with E-state index >= 15 is 0 Å². The van der Waals surface area contributed by atoms with Crippen LogP contribution in [0.5, 0.6) is 5.75 Å². The molecule has 0 spiro atoms. The first-order valence-electron chi connectivity index (χ1n) is 12.8. The van der Waals surface area contributed by atoms with Gasteiger partial charge in [-0.25, -0.2) is 0 Å². The number of nitriles is 1. The number of allylic oxidation sites excluding steroid dienone is 2. The van der Waals surface area contributed by atoms with Crippen LogP contribution in [0.15, 0.2) is 36.4 Å². The predicted octanol–water partition coefficient (Wildman–Crippen LogP) is 9.09. The molecule has 3 rings (SSSR count). The number of hydrogen-bond acceptors (Lipinski definition) is 2. The van der Waals surface area contributed by atoms with Gasteiger partial charge in [0.2, 0.25) is 0 Å². The highest BCUT2D eigenvalue weighted by molar-refractivity contribution is 5.29. The van der Waals surface area contributed by atoms with Crippen LogP contribution in [0.1, 0.15) is 101 Å². The van der Waals surface area contributed by atoms with Gasteiger partial charge in [-0.1, -0.05) is 69.6 Å². The average molecular weight is 462 g/mol. The van der Waals surface area contributed by atoms with Gasteiger partial charge in [-0.3, -0.25) is 0 Å². The number of ether oxygens (including phenoxy) is 1. The smallest absolute Gasteiger partial charge is 0.406 e. The van der Waals surface area contributed by atoms with E-state index < -0.39 is 6.36 Å². The number of rotatable bonds is 10. The van der Waals surface area contributed by atoms with Gasteiger partial charge >= 0.3 is 6.36 Å². The third kappa shape index (κ3) is 9.43. The summed E-state index contributed by atoms with van der Waals surface area (Å²) in [6, 6.07) is 8.53. The van der Waals surface area contributed by atoms with Crippen LogP contribution >= 0.6 is 0 Å². The maximum Gasteiger partial charge on any atom is 0.573 e. The lowest BCUT2D eigenvalue weighted by Crippen LogP contribution is -2.17. The molecule has 2 fully saturated rings. The van der Waals surface area contributed by atoms with Crippen LogP contribution in [-0.2, 0) is 0 Å². The van der Waals surface area contributed by atoms with Crippen molar-refractivity contribution in [1.82, 2.24) is 0 Å². The molecule has 2 aliphatic rings. The normalized spacial score (nSPS) is 26.2. The number of unbranched alkanes of at least 4 members (excludes halogenated alkanes) is 1. The Morgan fingerprint density at radius 1 is 0.818 bits per heavy atom. The van der Waals surface area contributed by atoms with Gasteiger partial charge in [0.25, 0.3) is 0 Å². The molecule has 33 heavy (non-hydrogen) atoms. The van der Waals surface area contributed by atoms with E-state index in [1.807, 2.05) is 6.08 Å². The van der Waals surface area contributed by atoms with Gasteiger partial charge in [0.05, 0.1) is 6.07 Å². The Kier molecular flexibility index (Phi) is 10.2. The maximum atomic E-state index is 12.3. The molecule has 0 unspecified atom stereocenters. The van der Waals surface area contributed by atoms with Gasteiger partial charge in [-0.2, -0.15) is 5.26 Å². The molecule has 1 aromatic carbocycles. The number of nitrogens with zero attached hydrogens (tertiary/aromatic N) is 1. The van der Waals surface area contributed by atoms with E-state index in [1.165, 1.54) is 82.8 Å². The predicted molar refractivity (Wildman–Crippen MR) is 126 cm³/mol. The molecule has 0 aliphatic heterocycles. The van der Waals surface area contributed by atoms with Crippen LogP contribution in [0, 0.1) is 29.1 Å². The Labute approximate surface area is 197 Å². The highest BCUT2D eigenvalue weighted by Crippen LogP contribution is 2.39. The third-order valence-electron chi connectivity index (χ3n) is 7.81. The number of hydrogen-bond donors (Lipinski definition) is 0. The van der Waals surface area contributed by atoms with Crippen molar-refractivity contribution in [3.8, 4) is 11.8 Å². The van der Waals surface area contributed by atoms with Crippen molar-refractivity contribution >= 4 is 0 Å². The zero-order chi connectivity index (χ0) is 23.5. The zero-order valence-corrected chi connectivity index (χ0v) is 19.7. The van der Waals surface area contributed by atoms with Crippen molar-refractivity contribution in [2.24, 2.45) is 17.8 Å². The largest absolute Gasteiger partial charge is 0.573 e. The molecule has 2 aliphatic carbocycles. The van der Waals surface area contributed by atoms with Gasteiger partial charge in [-0.15, -0.1) is 13.2 Å². The lowest BCUT2D eigenvalue weighted by atomic mass is 9.76. The second-order valence-corrected chi connectivity index (χ2v) is 10.1. The lowest BCUT2D eigenvalue weighted by molar-refractivity contribution is -0.274. The first kappa shape index (κ1) is 25.7. The van der Waals surface area contributed by atoms with Gasteiger partial charge in [0.15, 0.2) is 0 Å². The monoisotopic (exact) mass is 461 g/mol. The second kappa shape index (κ2) is 13.1. The van der Waals surface area contributed by atoms with Crippen LogP contribution in [0.4, 0.5) is 13.2 Å². The van der Waals surface area contributed by atoms with Gasteiger partial charge < -0.3 is 4.74 Å². The summed E-state index contributed by atoms with van der Waals surface area (Å²) in [5.41, 5.74) is 1.14. The molecule has 0 atom stereocenters. The van der Waals surface area contributed by atoms with E-state index in [0.29, 0.717) is 5.92 Å². The Balaban J connectivity index is 1.25. The molecule has 5 heteroatoms. The van der Waals surface area contributed by atoms with E-state index in [-0.39, 0.29) is 5.75 Å². The molecule has 182 valence electrons. The summed E-state index contributed by atoms with van der Waals surface area (Å²) >= 11 is 0. The first-order valence-corrected chi connectivity index (χ1v) is 12.8. The minimum atomic E-state index is -4.63. The Hall–Kier alpha value is -1.96. The standard InChI is InChI=1S/C28H38F3NO/c29-28(30,31)33-27-19-17-26(18-20-27)25-15-13-24(14-16-25)8-4-3-7-23-11-9-22(10-12-23)6-2-1-5-21-32/h1,5,17-20,22-25H,2-4,6-16H2/t22-,23-,24-,25-. The van der Waals surface area contributed by atoms with Crippen molar-refractivity contribution in [1.29, 1.82) is 5.26 Å². The summed E-state index contributed by atoms with van der Waals surface area (Å²) in [5.74, 6) is 2.91. The fourth-order valence-electron chi connectivity index (χ4n) is 5.87. The summed E-state index contributed by atoms with van der Waals surface area (Å²) < 4.78 is 40.9. The van der Waals surface area contributed by atoms with Gasteiger partial charge in [-0.05, 0) is 79.9 Å². The highest BCUT2D eigenvalue weighted by atomic mass is 19.4. The van der Waals surface area contributed by atoms with Crippen LogP contribution in [0.3, 0.4) is 0 Å². The SMILES string of the molecule is N#CC=CCC[C@H]1CC[C@H](CCCC[C@H]2CC[C@H](c3ccc(OC(F)(F)F)cc3)CC2)CC1. The Morgan fingerprint density at radius 3 is 1.85 bits per heavy atom. The minimum absolute atomic E-state index is 0.138. The molecular formula is C28H38F3NO. The molecule has 0 saturated heterocycles. The van der Waals surface area contributed by atoms with E-state index in [9.17, 15) is 13.2 Å². The van der Waals surface area contributed by atoms with E-state index in [4.69, 9.17) is 5.26 Å². The molecule has 1 aromatic rings. The van der Waals surface area contributed by atoms with Crippen LogP contribution in [0.2, 0.25) is 0 Å². The van der Waals surface area contributed by atoms with E-state index in [0.717, 1.165) is 42.6 Å². The molecule has 2 nitrogen and oxygen atoms in total. The average Bonchev–Trinajstić information content (AvgIpc) is 2.80. The summed E-state index contributed by atoms with van der Waals surface area (Å²) in [4.78, 5) is 0. The van der Waals surface area contributed by atoms with Gasteiger partial charge in [0, 0.05) is 6.08 Å². The molecule has 2 saturated carbocycles. The fraction of sp³-hybridized carbons (Fsp3) is 0.679. The van der Waals surface area contributed by atoms with Gasteiger partial charge in [0.1, 0.15) is 5.75 Å². The third-order valence-corrected chi connectivity index (χ3v) is 7.81. The maximum absolute atomic E-state index is 12.3. The van der Waals surface area contributed by atoms with E-state index in [2.05, 4.69) is 10.8 Å². The first-order chi connectivity index (χ1) is 15.9. The summed E-state index contributed by atoms with van der Waals surface area (Å²) in [6.07, 6.45) is 16.9. The summed E-state index contributed by atoms with van der Waals surface area (Å²) in [7, 11) is 0. The molecule has 0 N–H and O–H groups in total. The van der Waals surface area contributed by atoms with Crippen molar-refractivity contribution in [2.75, 3.05) is 0 Å². The number of alkyl halides is 3. The quantitative estimate of drug-likeness (QED) is 0.257. The Bertz CT molecular complexity index is 749. The van der Waals surface area contributed by atoms with Crippen LogP contribution < -0.4 is 4.74 Å². The molecule has 0 aromatic heterocycles. The number of halogens is 3. The fourth-order valence-corrected chi connectivity index (χ4v) is 5.87. The molecule has 0 radical (unpaired) electrons. The second-order valence-electron chi connectivity index (χ2n) is 10.1. The summed E-state index contributed by atoms with van der Waals surface area (Å²) in [6.45, 7) is 0. The topological polar surface area (TPSA) is 33.0 Å². The molecular weight excluding hydrogens is 423 g/mol. The summed E-state index contributed by atoms with van der Waals surface area (Å²) in [5, 5.41) is 8.55. The van der Waals surface area contributed by atoms with Crippen molar-refractivity contribution in [3.63, 3.8) is 0 Å². The van der Waals surface area contributed by atoms with Crippen LogP contribution in [-0.4, -0.2) is 6.36 Å². The molecule has 0 amide bonds. The minimum Gasteiger partial charge on any atom is -0.406 e. The molecule has 0 heterocycles. The lowest BCUT2D eigenvalue weighted by Gasteiger charge is -2.30. The van der Waals surface area contributed by atoms with Crippen molar-refractivity contribution in [3.05, 3.63) is 42.0 Å². The van der Waals surface area contributed by atoms with Crippen molar-refractivity contribution in [2.45, 2.75) is 102 Å². The van der Waals surface area contributed by atoms with Crippen LogP contribution in [0.25, 0.3) is 0 Å². The molecule has 0 bridgehead atoms. The zero-order valence-electron chi connectivity index (χ0n) is 19.7. The Morgan fingerprint density at radius 2 is 1.33 bits per heavy atom. The highest BCUT2D eigenvalue weighted by Gasteiger charge is 2.31. The number of benzene rings is 1. The van der Waals surface area contributed by atoms with E-state index in [1.54, 1.807) is 18.2 Å². The van der Waals surface area contributed by atoms with Crippen molar-refractivity contribution < 1.29 is 17.9 Å².